The van der Waals surface area contributed by atoms with Crippen molar-refractivity contribution in [1.29, 1.82) is 0 Å². The molecule has 1 unspecified atom stereocenters. The van der Waals surface area contributed by atoms with Crippen molar-refractivity contribution in [1.82, 2.24) is 5.32 Å². The molecule has 0 heterocycles. The Morgan fingerprint density at radius 2 is 1.81 bits per heavy atom. The first kappa shape index (κ1) is 18.0. The predicted octanol–water partition coefficient (Wildman–Crippen LogP) is 3.48. The van der Waals surface area contributed by atoms with Crippen LogP contribution in [0.3, 0.4) is 0 Å². The van der Waals surface area contributed by atoms with Crippen LogP contribution in [-0.4, -0.2) is 25.5 Å². The van der Waals surface area contributed by atoms with Crippen molar-refractivity contribution in [3.8, 4) is 0 Å². The number of carbonyl (C=O) groups excluding carboxylic acids is 1. The van der Waals surface area contributed by atoms with Gasteiger partial charge in [0.25, 0.3) is 0 Å². The second-order valence-corrected chi connectivity index (χ2v) is 8.59. The lowest BCUT2D eigenvalue weighted by atomic mass is 10.2. The number of rotatable bonds is 4. The van der Waals surface area contributed by atoms with Gasteiger partial charge in [-0.25, -0.2) is 13.2 Å². The van der Waals surface area contributed by atoms with Crippen molar-refractivity contribution < 1.29 is 17.9 Å². The van der Waals surface area contributed by atoms with Crippen LogP contribution in [0, 0.1) is 0 Å². The van der Waals surface area contributed by atoms with E-state index in [1.165, 1.54) is 12.1 Å². The summed E-state index contributed by atoms with van der Waals surface area (Å²) in [7, 11) is -3.65. The van der Waals surface area contributed by atoms with Crippen LogP contribution in [0.1, 0.15) is 34.1 Å². The molecule has 7 heteroatoms. The Balaban J connectivity index is 2.93. The van der Waals surface area contributed by atoms with E-state index in [1.54, 1.807) is 39.8 Å². The van der Waals surface area contributed by atoms with Gasteiger partial charge in [-0.05, 0) is 51.5 Å². The molecule has 0 aliphatic heterocycles. The minimum Gasteiger partial charge on any atom is -0.444 e. The zero-order valence-corrected chi connectivity index (χ0v) is 14.9. The maximum absolute atomic E-state index is 12.5. The maximum Gasteiger partial charge on any atom is 0.408 e. The van der Waals surface area contributed by atoms with Gasteiger partial charge in [-0.2, -0.15) is 0 Å². The number of ether oxygens (including phenoxy) is 1. The summed E-state index contributed by atoms with van der Waals surface area (Å²) in [5.74, 6) is 0. The Bertz CT molecular complexity index is 590. The van der Waals surface area contributed by atoms with E-state index in [0.29, 0.717) is 0 Å². The van der Waals surface area contributed by atoms with Crippen LogP contribution in [0.25, 0.3) is 0 Å². The molecule has 0 aromatic heterocycles. The minimum atomic E-state index is -3.65. The number of benzene rings is 1. The van der Waals surface area contributed by atoms with Gasteiger partial charge in [0.15, 0.2) is 9.84 Å². The number of hydrogen-bond donors (Lipinski definition) is 1. The lowest BCUT2D eigenvalue weighted by Gasteiger charge is -2.23. The van der Waals surface area contributed by atoms with E-state index >= 15 is 0 Å². The summed E-state index contributed by atoms with van der Waals surface area (Å²) >= 11 is 3.26. The molecule has 0 bridgehead atoms. The number of nitrogens with one attached hydrogen (secondary N) is 1. The van der Waals surface area contributed by atoms with E-state index < -0.39 is 26.9 Å². The topological polar surface area (TPSA) is 72.5 Å². The van der Waals surface area contributed by atoms with Crippen molar-refractivity contribution in [2.75, 3.05) is 0 Å². The van der Waals surface area contributed by atoms with Gasteiger partial charge in [-0.15, -0.1) is 0 Å². The predicted molar refractivity (Wildman–Crippen MR) is 84.8 cm³/mol. The molecule has 21 heavy (non-hydrogen) atoms. The third-order valence-corrected chi connectivity index (χ3v) is 5.22. The molecule has 0 aliphatic carbocycles. The van der Waals surface area contributed by atoms with Crippen molar-refractivity contribution in [3.63, 3.8) is 0 Å². The van der Waals surface area contributed by atoms with E-state index in [0.717, 1.165) is 4.47 Å². The molecule has 1 aromatic rings. The minimum absolute atomic E-state index is 0.161. The van der Waals surface area contributed by atoms with E-state index in [2.05, 4.69) is 21.2 Å². The molecule has 118 valence electrons. The fourth-order valence-electron chi connectivity index (χ4n) is 1.63. The number of alkyl carbamates (subject to hydrolysis) is 1. The molecule has 1 atom stereocenters. The zero-order chi connectivity index (χ0) is 16.3. The van der Waals surface area contributed by atoms with Crippen LogP contribution in [0.5, 0.6) is 0 Å². The van der Waals surface area contributed by atoms with Gasteiger partial charge in [-0.1, -0.05) is 22.9 Å². The van der Waals surface area contributed by atoms with Crippen LogP contribution in [-0.2, 0) is 14.6 Å². The van der Waals surface area contributed by atoms with Gasteiger partial charge in [0, 0.05) is 4.47 Å². The summed E-state index contributed by atoms with van der Waals surface area (Å²) in [6.07, 6.45) is -0.493. The highest BCUT2D eigenvalue weighted by Crippen LogP contribution is 2.20. The standard InChI is InChI=1S/C14H20BrNO4S/c1-5-12(16-13(17)20-14(2,3)4)21(18,19)11-8-6-10(15)7-9-11/h6-9,12H,5H2,1-4H3,(H,16,17). The molecule has 0 saturated carbocycles. The quantitative estimate of drug-likeness (QED) is 0.871. The number of carbonyl (C=O) groups is 1. The van der Waals surface area contributed by atoms with Crippen molar-refractivity contribution in [2.24, 2.45) is 0 Å². The summed E-state index contributed by atoms with van der Waals surface area (Å²) in [6.45, 7) is 6.85. The first-order valence-corrected chi connectivity index (χ1v) is 8.89. The monoisotopic (exact) mass is 377 g/mol. The van der Waals surface area contributed by atoms with Gasteiger partial charge in [0.05, 0.1) is 4.90 Å². The highest BCUT2D eigenvalue weighted by molar-refractivity contribution is 9.10. The average molecular weight is 378 g/mol. The van der Waals surface area contributed by atoms with Crippen molar-refractivity contribution in [2.45, 2.75) is 50.0 Å². The highest BCUT2D eigenvalue weighted by Gasteiger charge is 2.29. The summed E-state index contributed by atoms with van der Waals surface area (Å²) in [4.78, 5) is 11.9. The molecule has 0 aliphatic rings. The van der Waals surface area contributed by atoms with Crippen LogP contribution in [0.15, 0.2) is 33.6 Å². The van der Waals surface area contributed by atoms with Gasteiger partial charge in [0.2, 0.25) is 0 Å². The lowest BCUT2D eigenvalue weighted by Crippen LogP contribution is -2.43. The third kappa shape index (κ3) is 5.32. The molecule has 0 fully saturated rings. The Kier molecular flexibility index (Phi) is 5.81. The van der Waals surface area contributed by atoms with Gasteiger partial charge in [0.1, 0.15) is 11.0 Å². The summed E-state index contributed by atoms with van der Waals surface area (Å²) < 4.78 is 30.9. The first-order valence-electron chi connectivity index (χ1n) is 6.55. The maximum atomic E-state index is 12.5. The van der Waals surface area contributed by atoms with Gasteiger partial charge >= 0.3 is 6.09 Å². The first-order chi connectivity index (χ1) is 9.56. The Labute approximate surface area is 134 Å². The summed E-state index contributed by atoms with van der Waals surface area (Å²) in [5.41, 5.74) is -0.677. The number of halogens is 1. The zero-order valence-electron chi connectivity index (χ0n) is 12.5. The molecule has 1 aromatic carbocycles. The molecule has 1 rings (SSSR count). The fourth-order valence-corrected chi connectivity index (χ4v) is 3.43. The molecule has 1 N–H and O–H groups in total. The lowest BCUT2D eigenvalue weighted by molar-refractivity contribution is 0.0519. The second kappa shape index (κ2) is 6.79. The van der Waals surface area contributed by atoms with E-state index in [-0.39, 0.29) is 11.3 Å². The number of amides is 1. The molecule has 5 nitrogen and oxygen atoms in total. The van der Waals surface area contributed by atoms with E-state index in [1.807, 2.05) is 0 Å². The van der Waals surface area contributed by atoms with E-state index in [4.69, 9.17) is 4.74 Å². The molecule has 1 amide bonds. The van der Waals surface area contributed by atoms with Crippen molar-refractivity contribution >= 4 is 31.9 Å². The number of hydrogen-bond acceptors (Lipinski definition) is 4. The Morgan fingerprint density at radius 3 is 2.24 bits per heavy atom. The number of sulfone groups is 1. The normalized spacial score (nSPS) is 13.6. The third-order valence-electron chi connectivity index (χ3n) is 2.57. The van der Waals surface area contributed by atoms with Crippen LogP contribution < -0.4 is 5.32 Å². The molecule has 0 spiro atoms. The molecule has 0 saturated heterocycles. The average Bonchev–Trinajstić information content (AvgIpc) is 2.34. The SMILES string of the molecule is CCC(NC(=O)OC(C)(C)C)S(=O)(=O)c1ccc(Br)cc1. The fraction of sp³-hybridized carbons (Fsp3) is 0.500. The Morgan fingerprint density at radius 1 is 1.29 bits per heavy atom. The van der Waals surface area contributed by atoms with Gasteiger partial charge < -0.3 is 10.1 Å². The largest absolute Gasteiger partial charge is 0.444 e. The van der Waals surface area contributed by atoms with Crippen LogP contribution in [0.2, 0.25) is 0 Å². The molecular formula is C14H20BrNO4S. The van der Waals surface area contributed by atoms with Gasteiger partial charge in [-0.3, -0.25) is 0 Å². The Hall–Kier alpha value is -1.08. The smallest absolute Gasteiger partial charge is 0.408 e. The second-order valence-electron chi connectivity index (χ2n) is 5.54. The van der Waals surface area contributed by atoms with Crippen molar-refractivity contribution in [3.05, 3.63) is 28.7 Å². The summed E-state index contributed by atoms with van der Waals surface area (Å²) in [5, 5.41) is 1.40. The molecule has 0 radical (unpaired) electrons. The van der Waals surface area contributed by atoms with E-state index in [9.17, 15) is 13.2 Å². The van der Waals surface area contributed by atoms with Crippen LogP contribution in [0.4, 0.5) is 4.79 Å². The summed E-state index contributed by atoms with van der Waals surface area (Å²) in [6, 6.07) is 6.29. The highest BCUT2D eigenvalue weighted by atomic mass is 79.9. The van der Waals surface area contributed by atoms with Crippen LogP contribution >= 0.6 is 15.9 Å². The molecular weight excluding hydrogens is 358 g/mol.